The predicted octanol–water partition coefficient (Wildman–Crippen LogP) is 16.0. The zero-order valence-corrected chi connectivity index (χ0v) is 35.3. The molecule has 0 bridgehead atoms. The molecule has 13 rings (SSSR count). The molecule has 0 atom stereocenters. The van der Waals surface area contributed by atoms with Gasteiger partial charge in [-0.15, -0.1) is 11.3 Å². The Morgan fingerprint density at radius 1 is 0.312 bits per heavy atom. The summed E-state index contributed by atoms with van der Waals surface area (Å²) < 4.78 is 4.90. The van der Waals surface area contributed by atoms with Gasteiger partial charge >= 0.3 is 0 Å². The highest BCUT2D eigenvalue weighted by Gasteiger charge is 2.22. The third-order valence-electron chi connectivity index (χ3n) is 12.6. The van der Waals surface area contributed by atoms with Crippen molar-refractivity contribution in [3.63, 3.8) is 0 Å². The molecule has 5 heteroatoms. The molecule has 4 nitrogen and oxygen atoms in total. The Hall–Kier alpha value is -8.25. The lowest BCUT2D eigenvalue weighted by atomic mass is 9.92. The van der Waals surface area contributed by atoms with Gasteiger partial charge in [-0.3, -0.25) is 0 Å². The number of thiophene rings is 1. The number of benzene rings is 10. The first kappa shape index (κ1) is 36.4. The number of aromatic nitrogens is 4. The fourth-order valence-electron chi connectivity index (χ4n) is 9.60. The lowest BCUT2D eigenvalue weighted by Crippen LogP contribution is -2.02. The average Bonchev–Trinajstić information content (AvgIpc) is 3.92. The van der Waals surface area contributed by atoms with Crippen molar-refractivity contribution in [2.45, 2.75) is 0 Å². The summed E-state index contributed by atoms with van der Waals surface area (Å²) >= 11 is 1.84. The number of nitrogens with zero attached hydrogens (tertiary/aromatic N) is 4. The Kier molecular flexibility index (Phi) is 8.36. The Morgan fingerprint density at radius 2 is 0.844 bits per heavy atom. The smallest absolute Gasteiger partial charge is 0.164 e. The fourth-order valence-corrected chi connectivity index (χ4v) is 10.8. The van der Waals surface area contributed by atoms with E-state index in [1.54, 1.807) is 0 Å². The number of hydrogen-bond donors (Lipinski definition) is 0. The van der Waals surface area contributed by atoms with Crippen LogP contribution in [0.5, 0.6) is 0 Å². The molecule has 0 unspecified atom stereocenters. The Morgan fingerprint density at radius 3 is 1.55 bits per heavy atom. The molecule has 0 aliphatic rings. The normalized spacial score (nSPS) is 11.8. The topological polar surface area (TPSA) is 43.6 Å². The standard InChI is InChI=1S/C59H36N4S/c1-3-16-39(17-4-1)57-60-58(40-18-5-2-6-19-40)62-59(61-57)52-34-42(41-30-29-38-28-27-37-15-7-8-20-44(37)49(38)33-41)31-32-45(52)50-35-43(36-51-48-23-11-14-26-55(48)64-56(50)51)63-53-24-12-9-21-46(53)47-22-10-13-25-54(47)63/h1-36H. The quantitative estimate of drug-likeness (QED) is 0.157. The van der Waals surface area contributed by atoms with Crippen molar-refractivity contribution in [1.82, 2.24) is 19.5 Å². The fraction of sp³-hybridized carbons (Fsp3) is 0. The first-order chi connectivity index (χ1) is 31.7. The molecular weight excluding hydrogens is 797 g/mol. The zero-order chi connectivity index (χ0) is 42.1. The van der Waals surface area contributed by atoms with Gasteiger partial charge in [-0.1, -0.05) is 176 Å². The van der Waals surface area contributed by atoms with Crippen LogP contribution in [0.25, 0.3) is 126 Å². The summed E-state index contributed by atoms with van der Waals surface area (Å²) in [5.74, 6) is 1.88. The molecule has 0 fully saturated rings. The van der Waals surface area contributed by atoms with E-state index in [9.17, 15) is 0 Å². The van der Waals surface area contributed by atoms with Crippen molar-refractivity contribution < 1.29 is 0 Å². The molecule has 0 saturated carbocycles. The van der Waals surface area contributed by atoms with Crippen LogP contribution in [0.3, 0.4) is 0 Å². The average molecular weight is 833 g/mol. The van der Waals surface area contributed by atoms with Gasteiger partial charge < -0.3 is 4.57 Å². The molecule has 13 aromatic rings. The number of hydrogen-bond acceptors (Lipinski definition) is 4. The molecule has 0 spiro atoms. The van der Waals surface area contributed by atoms with Gasteiger partial charge in [-0.05, 0) is 80.7 Å². The molecule has 10 aromatic carbocycles. The van der Waals surface area contributed by atoms with Gasteiger partial charge in [0.2, 0.25) is 0 Å². The van der Waals surface area contributed by atoms with E-state index in [1.165, 1.54) is 63.5 Å². The van der Waals surface area contributed by atoms with Gasteiger partial charge in [-0.2, -0.15) is 0 Å². The third kappa shape index (κ3) is 5.93. The summed E-state index contributed by atoms with van der Waals surface area (Å²) in [6, 6.07) is 78.2. The van der Waals surface area contributed by atoms with Crippen LogP contribution in [-0.2, 0) is 0 Å². The van der Waals surface area contributed by atoms with Crippen LogP contribution in [0.4, 0.5) is 0 Å². The third-order valence-corrected chi connectivity index (χ3v) is 13.9. The molecule has 3 heterocycles. The summed E-state index contributed by atoms with van der Waals surface area (Å²) in [5, 5.41) is 9.83. The van der Waals surface area contributed by atoms with E-state index in [-0.39, 0.29) is 0 Å². The second-order valence-corrected chi connectivity index (χ2v) is 17.4. The largest absolute Gasteiger partial charge is 0.309 e. The zero-order valence-electron chi connectivity index (χ0n) is 34.5. The highest BCUT2D eigenvalue weighted by atomic mass is 32.1. The highest BCUT2D eigenvalue weighted by molar-refractivity contribution is 7.26. The molecule has 0 aliphatic carbocycles. The maximum atomic E-state index is 5.36. The van der Waals surface area contributed by atoms with Crippen LogP contribution in [0.1, 0.15) is 0 Å². The van der Waals surface area contributed by atoms with E-state index in [0.717, 1.165) is 44.6 Å². The van der Waals surface area contributed by atoms with Gasteiger partial charge in [0.25, 0.3) is 0 Å². The first-order valence-corrected chi connectivity index (χ1v) is 22.4. The van der Waals surface area contributed by atoms with Crippen molar-refractivity contribution in [2.75, 3.05) is 0 Å². The van der Waals surface area contributed by atoms with Gasteiger partial charge in [0.1, 0.15) is 0 Å². The first-order valence-electron chi connectivity index (χ1n) is 21.6. The SMILES string of the molecule is c1ccc(-c2nc(-c3ccccc3)nc(-c3cc(-c4ccc5ccc6ccccc6c5c4)ccc3-c3cc(-n4c5ccccc5c5ccccc54)cc4c3sc3ccccc34)n2)cc1. The Balaban J connectivity index is 1.13. The van der Waals surface area contributed by atoms with Crippen LogP contribution in [0.15, 0.2) is 218 Å². The summed E-state index contributed by atoms with van der Waals surface area (Å²) in [5.41, 5.74) is 10.6. The lowest BCUT2D eigenvalue weighted by molar-refractivity contribution is 1.07. The van der Waals surface area contributed by atoms with Crippen LogP contribution < -0.4 is 0 Å². The summed E-state index contributed by atoms with van der Waals surface area (Å²) in [4.78, 5) is 15.8. The van der Waals surface area contributed by atoms with Crippen LogP contribution in [0.2, 0.25) is 0 Å². The van der Waals surface area contributed by atoms with E-state index < -0.39 is 0 Å². The molecule has 0 radical (unpaired) electrons. The van der Waals surface area contributed by atoms with Crippen LogP contribution >= 0.6 is 11.3 Å². The van der Waals surface area contributed by atoms with Gasteiger partial charge in [-0.25, -0.2) is 15.0 Å². The second-order valence-electron chi connectivity index (χ2n) is 16.4. The molecule has 0 aliphatic heterocycles. The molecule has 0 saturated heterocycles. The van der Waals surface area contributed by atoms with Gasteiger partial charge in [0, 0.05) is 58.9 Å². The Bertz CT molecular complexity index is 3850. The van der Waals surface area contributed by atoms with Crippen molar-refractivity contribution in [3.05, 3.63) is 218 Å². The van der Waals surface area contributed by atoms with E-state index >= 15 is 0 Å². The number of para-hydroxylation sites is 2. The molecular formula is C59H36N4S. The van der Waals surface area contributed by atoms with E-state index in [1.807, 2.05) is 47.7 Å². The van der Waals surface area contributed by atoms with Crippen LogP contribution in [-0.4, -0.2) is 19.5 Å². The molecule has 0 amide bonds. The number of rotatable bonds is 6. The minimum absolute atomic E-state index is 0.618. The van der Waals surface area contributed by atoms with E-state index in [0.29, 0.717) is 17.5 Å². The maximum absolute atomic E-state index is 5.36. The monoisotopic (exact) mass is 832 g/mol. The van der Waals surface area contributed by atoms with Gasteiger partial charge in [0.05, 0.1) is 11.0 Å². The minimum Gasteiger partial charge on any atom is -0.309 e. The van der Waals surface area contributed by atoms with Crippen LogP contribution in [0, 0.1) is 0 Å². The molecule has 64 heavy (non-hydrogen) atoms. The maximum Gasteiger partial charge on any atom is 0.164 e. The van der Waals surface area contributed by atoms with Crippen molar-refractivity contribution in [2.24, 2.45) is 0 Å². The predicted molar refractivity (Wildman–Crippen MR) is 269 cm³/mol. The second kappa shape index (κ2) is 14.7. The van der Waals surface area contributed by atoms with Crippen molar-refractivity contribution in [3.8, 4) is 62.1 Å². The number of fused-ring (bicyclic) bond motifs is 9. The van der Waals surface area contributed by atoms with E-state index in [2.05, 4.69) is 187 Å². The van der Waals surface area contributed by atoms with E-state index in [4.69, 9.17) is 15.0 Å². The molecule has 3 aromatic heterocycles. The summed E-state index contributed by atoms with van der Waals surface area (Å²) in [6.45, 7) is 0. The lowest BCUT2D eigenvalue weighted by Gasteiger charge is -2.17. The van der Waals surface area contributed by atoms with Crippen molar-refractivity contribution >= 4 is 74.9 Å². The minimum atomic E-state index is 0.618. The molecule has 0 N–H and O–H groups in total. The van der Waals surface area contributed by atoms with Crippen molar-refractivity contribution in [1.29, 1.82) is 0 Å². The Labute approximate surface area is 373 Å². The molecule has 298 valence electrons. The highest BCUT2D eigenvalue weighted by Crippen LogP contribution is 2.46. The summed E-state index contributed by atoms with van der Waals surface area (Å²) in [7, 11) is 0. The summed E-state index contributed by atoms with van der Waals surface area (Å²) in [6.07, 6.45) is 0. The van der Waals surface area contributed by atoms with Gasteiger partial charge in [0.15, 0.2) is 17.5 Å².